The summed E-state index contributed by atoms with van der Waals surface area (Å²) in [5.74, 6) is 0.800. The molecule has 0 saturated heterocycles. The fraction of sp³-hybridized carbons (Fsp3) is 0.333. The normalized spacial score (nSPS) is 17.9. The molecule has 0 aliphatic heterocycles. The van der Waals surface area contributed by atoms with E-state index >= 15 is 0 Å². The molecular formula is C15H14O5. The predicted molar refractivity (Wildman–Crippen MR) is 68.9 cm³/mol. The lowest BCUT2D eigenvalue weighted by Gasteiger charge is -2.18. The second-order valence-electron chi connectivity index (χ2n) is 4.89. The second-order valence-corrected chi connectivity index (χ2v) is 4.89. The highest BCUT2D eigenvalue weighted by Crippen LogP contribution is 2.36. The molecule has 0 saturated carbocycles. The zero-order valence-corrected chi connectivity index (χ0v) is 11.3. The minimum absolute atomic E-state index is 0.0240. The number of methoxy groups -OCH3 is 1. The summed E-state index contributed by atoms with van der Waals surface area (Å²) in [7, 11) is 1.29. The molecule has 3 rings (SSSR count). The number of carbonyl (C=O) groups is 2. The van der Waals surface area contributed by atoms with Gasteiger partial charge >= 0.3 is 5.97 Å². The molecule has 0 spiro atoms. The number of furan rings is 2. The third kappa shape index (κ3) is 1.86. The second kappa shape index (κ2) is 4.67. The first-order chi connectivity index (χ1) is 9.61. The largest absolute Gasteiger partial charge is 0.469 e. The van der Waals surface area contributed by atoms with E-state index in [1.165, 1.54) is 7.11 Å². The van der Waals surface area contributed by atoms with Crippen molar-refractivity contribution in [1.29, 1.82) is 0 Å². The van der Waals surface area contributed by atoms with Crippen molar-refractivity contribution in [2.24, 2.45) is 0 Å². The Labute approximate surface area is 115 Å². The van der Waals surface area contributed by atoms with Crippen LogP contribution < -0.4 is 0 Å². The highest BCUT2D eigenvalue weighted by atomic mass is 16.5. The molecular weight excluding hydrogens is 260 g/mol. The Balaban J connectivity index is 2.01. The minimum atomic E-state index is -0.556. The third-order valence-corrected chi connectivity index (χ3v) is 3.68. The van der Waals surface area contributed by atoms with Crippen LogP contribution in [0.1, 0.15) is 50.3 Å². The molecule has 5 nitrogen and oxygen atoms in total. The summed E-state index contributed by atoms with van der Waals surface area (Å²) >= 11 is 0. The number of rotatable bonds is 2. The van der Waals surface area contributed by atoms with E-state index < -0.39 is 5.97 Å². The molecule has 2 aromatic rings. The van der Waals surface area contributed by atoms with Crippen LogP contribution in [0.2, 0.25) is 0 Å². The van der Waals surface area contributed by atoms with Gasteiger partial charge in [-0.25, -0.2) is 4.79 Å². The molecule has 20 heavy (non-hydrogen) atoms. The summed E-state index contributed by atoms with van der Waals surface area (Å²) in [6, 6.07) is 3.64. The van der Waals surface area contributed by atoms with Gasteiger partial charge in [0, 0.05) is 24.3 Å². The van der Waals surface area contributed by atoms with E-state index in [9.17, 15) is 9.59 Å². The highest BCUT2D eigenvalue weighted by Gasteiger charge is 2.35. The molecule has 0 unspecified atom stereocenters. The molecule has 0 fully saturated rings. The topological polar surface area (TPSA) is 69.7 Å². The van der Waals surface area contributed by atoms with Crippen LogP contribution in [0.25, 0.3) is 0 Å². The van der Waals surface area contributed by atoms with Gasteiger partial charge in [0.05, 0.1) is 18.9 Å². The van der Waals surface area contributed by atoms with Crippen LogP contribution in [0.4, 0.5) is 0 Å². The highest BCUT2D eigenvalue weighted by molar-refractivity contribution is 6.02. The van der Waals surface area contributed by atoms with E-state index in [4.69, 9.17) is 8.83 Å². The van der Waals surface area contributed by atoms with Gasteiger partial charge in [0.25, 0.3) is 0 Å². The molecule has 2 heterocycles. The molecule has 2 aromatic heterocycles. The number of hydrogen-bond acceptors (Lipinski definition) is 5. The van der Waals surface area contributed by atoms with Crippen molar-refractivity contribution in [1.82, 2.24) is 0 Å². The van der Waals surface area contributed by atoms with E-state index in [0.717, 1.165) is 5.76 Å². The first-order valence-corrected chi connectivity index (χ1v) is 6.39. The summed E-state index contributed by atoms with van der Waals surface area (Å²) in [4.78, 5) is 23.9. The summed E-state index contributed by atoms with van der Waals surface area (Å²) in [5.41, 5.74) is 1.09. The van der Waals surface area contributed by atoms with Crippen LogP contribution >= 0.6 is 0 Å². The molecule has 1 aliphatic carbocycles. The lowest BCUT2D eigenvalue weighted by molar-refractivity contribution is 0.0561. The van der Waals surface area contributed by atoms with Gasteiger partial charge in [-0.1, -0.05) is 0 Å². The predicted octanol–water partition coefficient (Wildman–Crippen LogP) is 2.88. The molecule has 0 N–H and O–H groups in total. The zero-order valence-electron chi connectivity index (χ0n) is 11.3. The van der Waals surface area contributed by atoms with Crippen molar-refractivity contribution in [3.8, 4) is 0 Å². The molecule has 1 atom stereocenters. The van der Waals surface area contributed by atoms with E-state index in [-0.39, 0.29) is 17.5 Å². The van der Waals surface area contributed by atoms with E-state index in [0.29, 0.717) is 29.7 Å². The van der Waals surface area contributed by atoms with Crippen molar-refractivity contribution in [3.63, 3.8) is 0 Å². The first kappa shape index (κ1) is 12.7. The number of Topliss-reactive ketones (excluding diaryl/α,β-unsaturated/α-hetero) is 1. The van der Waals surface area contributed by atoms with E-state index in [1.807, 2.05) is 6.07 Å². The van der Waals surface area contributed by atoms with Crippen molar-refractivity contribution >= 4 is 11.8 Å². The molecule has 0 bridgehead atoms. The molecule has 104 valence electrons. The lowest BCUT2D eigenvalue weighted by Crippen LogP contribution is -2.17. The van der Waals surface area contributed by atoms with Gasteiger partial charge < -0.3 is 13.6 Å². The van der Waals surface area contributed by atoms with Crippen LogP contribution in [0.15, 0.2) is 27.2 Å². The van der Waals surface area contributed by atoms with Crippen LogP contribution in [0, 0.1) is 6.92 Å². The van der Waals surface area contributed by atoms with Gasteiger partial charge in [-0.2, -0.15) is 0 Å². The monoisotopic (exact) mass is 274 g/mol. The van der Waals surface area contributed by atoms with Crippen LogP contribution in [0.5, 0.6) is 0 Å². The molecule has 0 radical (unpaired) electrons. The standard InChI is InChI=1S/C15H14O5/c1-8-13-10(16)6-9(11-4-3-5-19-11)7-12(13)20-14(8)15(17)18-2/h3-5,9H,6-7H2,1-2H3/t9-/m0/s1. The Hall–Kier alpha value is -2.30. The van der Waals surface area contributed by atoms with Crippen LogP contribution in [-0.4, -0.2) is 18.9 Å². The van der Waals surface area contributed by atoms with Gasteiger partial charge in [0.15, 0.2) is 5.78 Å². The van der Waals surface area contributed by atoms with Gasteiger partial charge in [-0.05, 0) is 19.1 Å². The Morgan fingerprint density at radius 3 is 2.85 bits per heavy atom. The average molecular weight is 274 g/mol. The fourth-order valence-electron chi connectivity index (χ4n) is 2.72. The number of ketones is 1. The Morgan fingerprint density at radius 1 is 1.40 bits per heavy atom. The van der Waals surface area contributed by atoms with E-state index in [2.05, 4.69) is 4.74 Å². The van der Waals surface area contributed by atoms with Crippen LogP contribution in [-0.2, 0) is 11.2 Å². The molecule has 0 amide bonds. The Bertz CT molecular complexity index is 663. The Morgan fingerprint density at radius 2 is 2.20 bits per heavy atom. The smallest absolute Gasteiger partial charge is 0.374 e. The summed E-state index contributed by atoms with van der Waals surface area (Å²) in [6.07, 6.45) is 2.50. The zero-order chi connectivity index (χ0) is 14.3. The lowest BCUT2D eigenvalue weighted by atomic mass is 9.84. The Kier molecular flexibility index (Phi) is 2.97. The van der Waals surface area contributed by atoms with E-state index in [1.54, 1.807) is 19.3 Å². The minimum Gasteiger partial charge on any atom is -0.469 e. The fourth-order valence-corrected chi connectivity index (χ4v) is 2.72. The van der Waals surface area contributed by atoms with Crippen molar-refractivity contribution in [3.05, 3.63) is 46.8 Å². The summed E-state index contributed by atoms with van der Waals surface area (Å²) in [6.45, 7) is 1.71. The van der Waals surface area contributed by atoms with Crippen molar-refractivity contribution in [2.45, 2.75) is 25.7 Å². The summed E-state index contributed by atoms with van der Waals surface area (Å²) in [5, 5.41) is 0. The number of ether oxygens (including phenoxy) is 1. The maximum Gasteiger partial charge on any atom is 0.374 e. The maximum absolute atomic E-state index is 12.3. The van der Waals surface area contributed by atoms with Gasteiger partial charge in [-0.3, -0.25) is 4.79 Å². The SMILES string of the molecule is COC(=O)c1oc2c(c1C)C(=O)C[C@H](c1ccco1)C2. The number of carbonyl (C=O) groups excluding carboxylic acids is 2. The molecule has 1 aliphatic rings. The van der Waals surface area contributed by atoms with Crippen molar-refractivity contribution < 1.29 is 23.2 Å². The molecule has 5 heteroatoms. The van der Waals surface area contributed by atoms with Gasteiger partial charge in [0.2, 0.25) is 5.76 Å². The number of hydrogen-bond donors (Lipinski definition) is 0. The van der Waals surface area contributed by atoms with Crippen LogP contribution in [0.3, 0.4) is 0 Å². The first-order valence-electron chi connectivity index (χ1n) is 6.39. The quantitative estimate of drug-likeness (QED) is 0.787. The van der Waals surface area contributed by atoms with Gasteiger partial charge in [0.1, 0.15) is 11.5 Å². The number of esters is 1. The summed E-state index contributed by atoms with van der Waals surface area (Å²) < 4.78 is 15.6. The van der Waals surface area contributed by atoms with Gasteiger partial charge in [-0.15, -0.1) is 0 Å². The van der Waals surface area contributed by atoms with Crippen molar-refractivity contribution in [2.75, 3.05) is 7.11 Å². The average Bonchev–Trinajstić information content (AvgIpc) is 3.06. The third-order valence-electron chi connectivity index (χ3n) is 3.68. The molecule has 0 aromatic carbocycles. The number of fused-ring (bicyclic) bond motifs is 1. The maximum atomic E-state index is 12.3.